The summed E-state index contributed by atoms with van der Waals surface area (Å²) in [5.41, 5.74) is 0. The first kappa shape index (κ1) is 14.3. The van der Waals surface area contributed by atoms with E-state index in [4.69, 9.17) is 9.15 Å². The van der Waals surface area contributed by atoms with Crippen LogP contribution in [0.25, 0.3) is 0 Å². The monoisotopic (exact) mass is 279 g/mol. The molecule has 2 rings (SSSR count). The third-order valence-corrected chi connectivity index (χ3v) is 3.27. The number of furan rings is 1. The molecule has 0 bridgehead atoms. The van der Waals surface area contributed by atoms with Gasteiger partial charge in [-0.15, -0.1) is 0 Å². The van der Waals surface area contributed by atoms with E-state index in [-0.39, 0.29) is 42.4 Å². The van der Waals surface area contributed by atoms with Crippen LogP contribution in [-0.4, -0.2) is 41.8 Å². The van der Waals surface area contributed by atoms with Gasteiger partial charge in [0.1, 0.15) is 0 Å². The summed E-state index contributed by atoms with van der Waals surface area (Å²) >= 11 is 0. The average molecular weight is 279 g/mol. The van der Waals surface area contributed by atoms with Crippen LogP contribution in [0.4, 0.5) is 0 Å². The summed E-state index contributed by atoms with van der Waals surface area (Å²) in [5, 5.41) is 0. The third kappa shape index (κ3) is 3.26. The first-order chi connectivity index (χ1) is 9.61. The van der Waals surface area contributed by atoms with Gasteiger partial charge in [0.15, 0.2) is 5.76 Å². The van der Waals surface area contributed by atoms with Gasteiger partial charge in [0.25, 0.3) is 0 Å². The van der Waals surface area contributed by atoms with Gasteiger partial charge in [0.2, 0.25) is 11.7 Å². The molecule has 0 N–H and O–H groups in total. The number of nitrogens with zero attached hydrogens (tertiary/aromatic N) is 1. The highest BCUT2D eigenvalue weighted by Gasteiger charge is 2.34. The Morgan fingerprint density at radius 3 is 2.95 bits per heavy atom. The van der Waals surface area contributed by atoms with Crippen molar-refractivity contribution in [3.63, 3.8) is 0 Å². The lowest BCUT2D eigenvalue weighted by molar-refractivity contribution is -0.144. The highest BCUT2D eigenvalue weighted by molar-refractivity contribution is 5.97. The molecular weight excluding hydrogens is 262 g/mol. The fourth-order valence-electron chi connectivity index (χ4n) is 2.30. The number of hydrogen-bond acceptors (Lipinski definition) is 5. The number of amides is 1. The van der Waals surface area contributed by atoms with E-state index in [9.17, 15) is 14.4 Å². The van der Waals surface area contributed by atoms with Crippen LogP contribution < -0.4 is 0 Å². The molecule has 1 aromatic rings. The molecule has 6 nitrogen and oxygen atoms in total. The van der Waals surface area contributed by atoms with Gasteiger partial charge in [0, 0.05) is 12.5 Å². The lowest BCUT2D eigenvalue weighted by Crippen LogP contribution is -2.38. The van der Waals surface area contributed by atoms with Crippen molar-refractivity contribution >= 4 is 17.7 Å². The highest BCUT2D eigenvalue weighted by atomic mass is 16.5. The first-order valence-corrected chi connectivity index (χ1v) is 6.63. The van der Waals surface area contributed by atoms with E-state index in [1.54, 1.807) is 19.1 Å². The standard InChI is InChI=1S/C14H17NO5/c1-2-19-14(18)8-10-5-6-13(17)15(10)9-11(16)12-4-3-7-20-12/h3-4,7,10H,2,5-6,8-9H2,1H3/t10-/m1/s1. The number of carbonyl (C=O) groups is 3. The Balaban J connectivity index is 1.98. The predicted molar refractivity (Wildman–Crippen MR) is 69.0 cm³/mol. The average Bonchev–Trinajstić information content (AvgIpc) is 3.03. The number of rotatable bonds is 6. The van der Waals surface area contributed by atoms with E-state index < -0.39 is 0 Å². The Morgan fingerprint density at radius 1 is 1.50 bits per heavy atom. The zero-order chi connectivity index (χ0) is 14.5. The summed E-state index contributed by atoms with van der Waals surface area (Å²) in [6, 6.07) is 2.92. The van der Waals surface area contributed by atoms with Gasteiger partial charge in [-0.2, -0.15) is 0 Å². The molecule has 1 atom stereocenters. The Morgan fingerprint density at radius 2 is 2.30 bits per heavy atom. The van der Waals surface area contributed by atoms with Crippen LogP contribution in [0.1, 0.15) is 36.7 Å². The quantitative estimate of drug-likeness (QED) is 0.581. The molecule has 0 unspecified atom stereocenters. The lowest BCUT2D eigenvalue weighted by atomic mass is 10.1. The Hall–Kier alpha value is -2.11. The maximum atomic E-state index is 12.0. The topological polar surface area (TPSA) is 76.8 Å². The molecule has 1 aromatic heterocycles. The minimum absolute atomic E-state index is 0.0591. The molecule has 0 spiro atoms. The maximum absolute atomic E-state index is 12.0. The highest BCUT2D eigenvalue weighted by Crippen LogP contribution is 2.22. The van der Waals surface area contributed by atoms with E-state index in [0.717, 1.165) is 0 Å². The van der Waals surface area contributed by atoms with Crippen molar-refractivity contribution in [2.24, 2.45) is 0 Å². The summed E-state index contributed by atoms with van der Waals surface area (Å²) in [6.45, 7) is 1.98. The van der Waals surface area contributed by atoms with E-state index in [1.165, 1.54) is 11.2 Å². The molecule has 1 amide bonds. The van der Waals surface area contributed by atoms with Crippen LogP contribution >= 0.6 is 0 Å². The lowest BCUT2D eigenvalue weighted by Gasteiger charge is -2.22. The summed E-state index contributed by atoms with van der Waals surface area (Å²) in [6.07, 6.45) is 2.47. The fourth-order valence-corrected chi connectivity index (χ4v) is 2.30. The molecule has 0 aliphatic carbocycles. The van der Waals surface area contributed by atoms with Crippen molar-refractivity contribution < 1.29 is 23.5 Å². The minimum Gasteiger partial charge on any atom is -0.466 e. The normalized spacial score (nSPS) is 18.4. The van der Waals surface area contributed by atoms with Gasteiger partial charge in [-0.3, -0.25) is 14.4 Å². The second-order valence-corrected chi connectivity index (χ2v) is 4.62. The largest absolute Gasteiger partial charge is 0.466 e. The molecule has 1 fully saturated rings. The second-order valence-electron chi connectivity index (χ2n) is 4.62. The molecule has 0 saturated carbocycles. The molecule has 6 heteroatoms. The Kier molecular flexibility index (Phi) is 4.55. The van der Waals surface area contributed by atoms with Gasteiger partial charge < -0.3 is 14.1 Å². The van der Waals surface area contributed by atoms with Crippen molar-refractivity contribution in [3.05, 3.63) is 24.2 Å². The molecular formula is C14H17NO5. The van der Waals surface area contributed by atoms with Crippen LogP contribution in [0.2, 0.25) is 0 Å². The van der Waals surface area contributed by atoms with Gasteiger partial charge in [-0.05, 0) is 25.5 Å². The summed E-state index contributed by atoms with van der Waals surface area (Å²) in [4.78, 5) is 36.7. The first-order valence-electron chi connectivity index (χ1n) is 6.63. The molecule has 20 heavy (non-hydrogen) atoms. The van der Waals surface area contributed by atoms with E-state index >= 15 is 0 Å². The second kappa shape index (κ2) is 6.36. The summed E-state index contributed by atoms with van der Waals surface area (Å²) in [5.74, 6) is -0.499. The Bertz CT molecular complexity index is 494. The van der Waals surface area contributed by atoms with Crippen LogP contribution in [0.3, 0.4) is 0 Å². The molecule has 0 radical (unpaired) electrons. The van der Waals surface area contributed by atoms with Gasteiger partial charge in [-0.1, -0.05) is 0 Å². The fraction of sp³-hybridized carbons (Fsp3) is 0.500. The van der Waals surface area contributed by atoms with Crippen LogP contribution in [0, 0.1) is 0 Å². The van der Waals surface area contributed by atoms with Crippen molar-refractivity contribution in [3.8, 4) is 0 Å². The van der Waals surface area contributed by atoms with Crippen LogP contribution in [0.15, 0.2) is 22.8 Å². The van der Waals surface area contributed by atoms with Crippen molar-refractivity contribution in [1.29, 1.82) is 0 Å². The zero-order valence-electron chi connectivity index (χ0n) is 11.3. The number of esters is 1. The number of Topliss-reactive ketones (excluding diaryl/α,β-unsaturated/α-hetero) is 1. The molecule has 1 saturated heterocycles. The number of carbonyl (C=O) groups excluding carboxylic acids is 3. The van der Waals surface area contributed by atoms with Crippen molar-refractivity contribution in [2.45, 2.75) is 32.2 Å². The van der Waals surface area contributed by atoms with Crippen LogP contribution in [-0.2, 0) is 14.3 Å². The summed E-state index contributed by atoms with van der Waals surface area (Å²) < 4.78 is 9.90. The van der Waals surface area contributed by atoms with E-state index in [0.29, 0.717) is 19.4 Å². The SMILES string of the molecule is CCOC(=O)C[C@H]1CCC(=O)N1CC(=O)c1ccco1. The van der Waals surface area contributed by atoms with Gasteiger partial charge >= 0.3 is 5.97 Å². The molecule has 1 aliphatic heterocycles. The zero-order valence-corrected chi connectivity index (χ0v) is 11.3. The molecule has 1 aliphatic rings. The molecule has 2 heterocycles. The molecule has 0 aromatic carbocycles. The van der Waals surface area contributed by atoms with Crippen LogP contribution in [0.5, 0.6) is 0 Å². The predicted octanol–water partition coefficient (Wildman–Crippen LogP) is 1.41. The smallest absolute Gasteiger partial charge is 0.307 e. The van der Waals surface area contributed by atoms with E-state index in [2.05, 4.69) is 0 Å². The summed E-state index contributed by atoms with van der Waals surface area (Å²) in [7, 11) is 0. The minimum atomic E-state index is -0.345. The van der Waals surface area contributed by atoms with Gasteiger partial charge in [-0.25, -0.2) is 0 Å². The van der Waals surface area contributed by atoms with Gasteiger partial charge in [0.05, 0.1) is 25.8 Å². The van der Waals surface area contributed by atoms with Crippen molar-refractivity contribution in [2.75, 3.05) is 13.2 Å². The molecule has 108 valence electrons. The maximum Gasteiger partial charge on any atom is 0.307 e. The van der Waals surface area contributed by atoms with E-state index in [1.807, 2.05) is 0 Å². The number of hydrogen-bond donors (Lipinski definition) is 0. The number of ether oxygens (including phenoxy) is 1. The number of ketones is 1. The van der Waals surface area contributed by atoms with Crippen molar-refractivity contribution in [1.82, 2.24) is 4.90 Å². The Labute approximate surface area is 116 Å². The number of likely N-dealkylation sites (tertiary alicyclic amines) is 1. The third-order valence-electron chi connectivity index (χ3n) is 3.27.